The zero-order chi connectivity index (χ0) is 22.4. The van der Waals surface area contributed by atoms with E-state index in [1.165, 1.54) is 0 Å². The summed E-state index contributed by atoms with van der Waals surface area (Å²) in [4.78, 5) is 26.1. The van der Waals surface area contributed by atoms with Crippen molar-refractivity contribution in [2.45, 2.75) is 52.4 Å². The van der Waals surface area contributed by atoms with Crippen LogP contribution in [0.1, 0.15) is 52.7 Å². The summed E-state index contributed by atoms with van der Waals surface area (Å²) in [5.41, 5.74) is 2.48. The summed E-state index contributed by atoms with van der Waals surface area (Å²) in [5.74, 6) is -0.977. The SMILES string of the molecule is CC(C)(C)c1cc[n+](C2=C([n+]3ccc(C(C)(C)C)cc3)C(=O)C(Cl)=C(Cl)C2=O)cc1.[Cl-].[Cl-]. The number of hydrogen-bond acceptors (Lipinski definition) is 2. The first kappa shape index (κ1) is 28.3. The highest BCUT2D eigenvalue weighted by Gasteiger charge is 2.45. The largest absolute Gasteiger partial charge is 1.00 e. The molecule has 0 fully saturated rings. The minimum atomic E-state index is -0.489. The number of halogens is 4. The minimum Gasteiger partial charge on any atom is -1.00 e. The molecule has 0 unspecified atom stereocenters. The number of rotatable bonds is 2. The molecule has 2 aromatic heterocycles. The van der Waals surface area contributed by atoms with Gasteiger partial charge >= 0.3 is 11.4 Å². The van der Waals surface area contributed by atoms with Gasteiger partial charge in [-0.15, -0.1) is 0 Å². The predicted octanol–water partition coefficient (Wildman–Crippen LogP) is -1.47. The maximum atomic E-state index is 13.1. The van der Waals surface area contributed by atoms with Gasteiger partial charge in [-0.3, -0.25) is 9.59 Å². The molecule has 0 spiro atoms. The summed E-state index contributed by atoms with van der Waals surface area (Å²) in [7, 11) is 0. The molecule has 4 nitrogen and oxygen atoms in total. The van der Waals surface area contributed by atoms with Gasteiger partial charge < -0.3 is 24.8 Å². The fourth-order valence-electron chi connectivity index (χ4n) is 3.25. The van der Waals surface area contributed by atoms with Gasteiger partial charge in [0.15, 0.2) is 24.8 Å². The second-order valence-electron chi connectivity index (χ2n) is 9.47. The minimum absolute atomic E-state index is 0. The molecule has 0 aliphatic heterocycles. The maximum absolute atomic E-state index is 13.1. The Kier molecular flexibility index (Phi) is 8.89. The van der Waals surface area contributed by atoms with E-state index in [1.807, 2.05) is 24.3 Å². The average molecular weight is 516 g/mol. The van der Waals surface area contributed by atoms with Crippen LogP contribution in [0.3, 0.4) is 0 Å². The van der Waals surface area contributed by atoms with Crippen molar-refractivity contribution in [2.24, 2.45) is 0 Å². The average Bonchev–Trinajstić information content (AvgIpc) is 2.68. The molecule has 0 N–H and O–H groups in total. The van der Waals surface area contributed by atoms with E-state index in [2.05, 4.69) is 41.5 Å². The van der Waals surface area contributed by atoms with E-state index in [-0.39, 0.29) is 57.1 Å². The number of aromatic nitrogens is 2. The monoisotopic (exact) mass is 514 g/mol. The van der Waals surface area contributed by atoms with Crippen LogP contribution in [-0.2, 0) is 20.4 Å². The number of carbonyl (C=O) groups excluding carboxylic acids is 2. The normalized spacial score (nSPS) is 14.9. The van der Waals surface area contributed by atoms with Crippen LogP contribution in [0.15, 0.2) is 59.1 Å². The Morgan fingerprint density at radius 1 is 0.594 bits per heavy atom. The summed E-state index contributed by atoms with van der Waals surface area (Å²) < 4.78 is 3.25. The predicted molar refractivity (Wildman–Crippen MR) is 119 cm³/mol. The summed E-state index contributed by atoms with van der Waals surface area (Å²) >= 11 is 12.2. The molecule has 2 heterocycles. The molecule has 3 rings (SSSR count). The molecule has 32 heavy (non-hydrogen) atoms. The first-order valence-corrected chi connectivity index (χ1v) is 10.5. The Hall–Kier alpha value is -1.72. The van der Waals surface area contributed by atoms with E-state index in [9.17, 15) is 9.59 Å². The van der Waals surface area contributed by atoms with Crippen molar-refractivity contribution < 1.29 is 43.5 Å². The Morgan fingerprint density at radius 3 is 1.06 bits per heavy atom. The summed E-state index contributed by atoms with van der Waals surface area (Å²) in [6.07, 6.45) is 7.09. The molecule has 1 aliphatic rings. The van der Waals surface area contributed by atoms with Gasteiger partial charge in [0.25, 0.3) is 11.6 Å². The van der Waals surface area contributed by atoms with E-state index in [4.69, 9.17) is 23.2 Å². The highest BCUT2D eigenvalue weighted by molar-refractivity contribution is 6.64. The highest BCUT2D eigenvalue weighted by Crippen LogP contribution is 2.30. The van der Waals surface area contributed by atoms with Gasteiger partial charge in [-0.05, 0) is 22.0 Å². The number of hydrogen-bond donors (Lipinski definition) is 0. The molecule has 0 radical (unpaired) electrons. The quantitative estimate of drug-likeness (QED) is 0.362. The third-order valence-electron chi connectivity index (χ3n) is 5.15. The third-order valence-corrected chi connectivity index (χ3v) is 5.97. The lowest BCUT2D eigenvalue weighted by Crippen LogP contribution is -3.00. The number of carbonyl (C=O) groups is 2. The lowest BCUT2D eigenvalue weighted by molar-refractivity contribution is -0.605. The van der Waals surface area contributed by atoms with Crippen LogP contribution in [0.25, 0.3) is 11.4 Å². The number of allylic oxidation sites excluding steroid dienone is 4. The highest BCUT2D eigenvalue weighted by atomic mass is 35.5. The van der Waals surface area contributed by atoms with Gasteiger partial charge in [0.05, 0.1) is 0 Å². The molecule has 0 bridgehead atoms. The molecular formula is C24H26Cl4N2O2. The molecule has 0 saturated heterocycles. The standard InChI is InChI=1S/C24H26Cl2N2O2.2ClH/c1-23(2,3)15-7-11-27(12-8-15)19-20(22(30)18(26)17(25)21(19)29)28-13-9-16(10-14-28)24(4,5)6;;/h7-14H,1-6H3;2*1H/q+2;;/p-2. The fourth-order valence-corrected chi connectivity index (χ4v) is 3.60. The van der Waals surface area contributed by atoms with Crippen molar-refractivity contribution >= 4 is 46.2 Å². The van der Waals surface area contributed by atoms with Crippen molar-refractivity contribution in [2.75, 3.05) is 0 Å². The number of pyridine rings is 2. The smallest absolute Gasteiger partial charge is 0.336 e. The van der Waals surface area contributed by atoms with E-state index in [1.54, 1.807) is 33.9 Å². The van der Waals surface area contributed by atoms with Gasteiger partial charge in [-0.1, -0.05) is 64.7 Å². The Labute approximate surface area is 211 Å². The van der Waals surface area contributed by atoms with Gasteiger partial charge in [0, 0.05) is 24.3 Å². The molecule has 0 atom stereocenters. The second-order valence-corrected chi connectivity index (χ2v) is 10.2. The maximum Gasteiger partial charge on any atom is 0.336 e. The fraction of sp³-hybridized carbons (Fsp3) is 0.333. The van der Waals surface area contributed by atoms with Gasteiger partial charge in [-0.2, -0.15) is 9.13 Å². The first-order chi connectivity index (χ1) is 13.8. The molecule has 0 saturated carbocycles. The van der Waals surface area contributed by atoms with Crippen LogP contribution < -0.4 is 33.9 Å². The van der Waals surface area contributed by atoms with Crippen LogP contribution in [0, 0.1) is 0 Å². The zero-order valence-electron chi connectivity index (χ0n) is 18.8. The van der Waals surface area contributed by atoms with Crippen LogP contribution in [-0.4, -0.2) is 11.6 Å². The van der Waals surface area contributed by atoms with Crippen molar-refractivity contribution in [3.63, 3.8) is 0 Å². The zero-order valence-corrected chi connectivity index (χ0v) is 21.9. The Balaban J connectivity index is 0.00000256. The first-order valence-electron chi connectivity index (χ1n) is 9.75. The summed E-state index contributed by atoms with van der Waals surface area (Å²) in [6.45, 7) is 12.7. The van der Waals surface area contributed by atoms with Crippen LogP contribution in [0.4, 0.5) is 0 Å². The Morgan fingerprint density at radius 2 is 0.844 bits per heavy atom. The lowest BCUT2D eigenvalue weighted by atomic mass is 9.88. The third kappa shape index (κ3) is 5.43. The van der Waals surface area contributed by atoms with E-state index >= 15 is 0 Å². The number of ketones is 2. The molecule has 172 valence electrons. The van der Waals surface area contributed by atoms with E-state index in [0.717, 1.165) is 11.1 Å². The number of Topliss-reactive ketones (excluding diaryl/α,β-unsaturated/α-hetero) is 2. The molecule has 1 aliphatic carbocycles. The van der Waals surface area contributed by atoms with Crippen molar-refractivity contribution in [3.8, 4) is 0 Å². The van der Waals surface area contributed by atoms with Gasteiger partial charge in [0.1, 0.15) is 10.1 Å². The van der Waals surface area contributed by atoms with Gasteiger partial charge in [-0.25, -0.2) is 0 Å². The summed E-state index contributed by atoms with van der Waals surface area (Å²) in [5, 5.41) is -0.528. The lowest BCUT2D eigenvalue weighted by Gasteiger charge is -2.18. The Bertz CT molecular complexity index is 1000. The summed E-state index contributed by atoms with van der Waals surface area (Å²) in [6, 6.07) is 7.74. The van der Waals surface area contributed by atoms with Gasteiger partial charge in [0.2, 0.25) is 0 Å². The second kappa shape index (κ2) is 10.0. The molecular weight excluding hydrogens is 490 g/mol. The topological polar surface area (TPSA) is 41.9 Å². The number of nitrogens with zero attached hydrogens (tertiary/aromatic N) is 2. The van der Waals surface area contributed by atoms with Crippen LogP contribution in [0.5, 0.6) is 0 Å². The molecule has 0 amide bonds. The molecule has 8 heteroatoms. The van der Waals surface area contributed by atoms with E-state index in [0.29, 0.717) is 0 Å². The van der Waals surface area contributed by atoms with Crippen LogP contribution in [0.2, 0.25) is 0 Å². The van der Waals surface area contributed by atoms with Crippen molar-refractivity contribution in [1.29, 1.82) is 0 Å². The van der Waals surface area contributed by atoms with Crippen LogP contribution >= 0.6 is 23.2 Å². The van der Waals surface area contributed by atoms with Crippen molar-refractivity contribution in [3.05, 3.63) is 70.2 Å². The molecule has 2 aromatic rings. The molecule has 0 aromatic carbocycles. The van der Waals surface area contributed by atoms with Crippen molar-refractivity contribution in [1.82, 2.24) is 0 Å². The van der Waals surface area contributed by atoms with E-state index < -0.39 is 11.6 Å².